The van der Waals surface area contributed by atoms with Crippen LogP contribution in [0.4, 0.5) is 10.1 Å². The van der Waals surface area contributed by atoms with Crippen LogP contribution in [0.3, 0.4) is 0 Å². The van der Waals surface area contributed by atoms with Crippen molar-refractivity contribution in [1.82, 2.24) is 4.98 Å². The van der Waals surface area contributed by atoms with Crippen LogP contribution in [0.25, 0.3) is 22.2 Å². The van der Waals surface area contributed by atoms with E-state index in [1.165, 1.54) is 12.1 Å². The molecule has 1 aromatic heterocycles. The first-order chi connectivity index (χ1) is 15.8. The number of aromatic nitrogens is 1. The Morgan fingerprint density at radius 2 is 1.73 bits per heavy atom. The molecule has 0 aliphatic carbocycles. The molecule has 0 radical (unpaired) electrons. The smallest absolute Gasteiger partial charge is 0.335 e. The predicted molar refractivity (Wildman–Crippen MR) is 127 cm³/mol. The van der Waals surface area contributed by atoms with Crippen LogP contribution in [0, 0.1) is 12.7 Å². The third kappa shape index (κ3) is 4.32. The van der Waals surface area contributed by atoms with Gasteiger partial charge in [0.05, 0.1) is 28.0 Å². The summed E-state index contributed by atoms with van der Waals surface area (Å²) in [5.74, 6) is -2.29. The van der Waals surface area contributed by atoms with Crippen LogP contribution < -0.4 is 5.32 Å². The second-order valence-corrected chi connectivity index (χ2v) is 8.21. The SMILES string of the molecule is Cc1c(-c2ccccc2)nc2ccc(C(C)C)cc2c1C(=O)Nc1ccc(C(=O)O)cc1F. The van der Waals surface area contributed by atoms with Gasteiger partial charge in [0.1, 0.15) is 5.82 Å². The molecule has 166 valence electrons. The van der Waals surface area contributed by atoms with Crippen molar-refractivity contribution in [2.24, 2.45) is 0 Å². The van der Waals surface area contributed by atoms with Crippen LogP contribution >= 0.6 is 0 Å². The van der Waals surface area contributed by atoms with Crippen LogP contribution in [0.2, 0.25) is 0 Å². The first-order valence-electron chi connectivity index (χ1n) is 10.6. The average Bonchev–Trinajstić information content (AvgIpc) is 2.79. The highest BCUT2D eigenvalue weighted by molar-refractivity contribution is 6.14. The molecule has 1 heterocycles. The zero-order chi connectivity index (χ0) is 23.7. The molecule has 0 bridgehead atoms. The van der Waals surface area contributed by atoms with Gasteiger partial charge in [-0.15, -0.1) is 0 Å². The third-order valence-corrected chi connectivity index (χ3v) is 5.66. The summed E-state index contributed by atoms with van der Waals surface area (Å²) in [5.41, 5.74) is 4.07. The topological polar surface area (TPSA) is 79.3 Å². The number of nitrogens with one attached hydrogen (secondary N) is 1. The number of amides is 1. The molecule has 0 atom stereocenters. The summed E-state index contributed by atoms with van der Waals surface area (Å²) in [6.07, 6.45) is 0. The number of fused-ring (bicyclic) bond motifs is 1. The number of carboxylic acid groups (broad SMARTS) is 1. The molecule has 33 heavy (non-hydrogen) atoms. The average molecular weight is 442 g/mol. The van der Waals surface area contributed by atoms with Crippen molar-refractivity contribution in [3.8, 4) is 11.3 Å². The summed E-state index contributed by atoms with van der Waals surface area (Å²) >= 11 is 0. The number of halogens is 1. The Kier molecular flexibility index (Phi) is 5.92. The summed E-state index contributed by atoms with van der Waals surface area (Å²) in [6.45, 7) is 5.97. The summed E-state index contributed by atoms with van der Waals surface area (Å²) in [5, 5.41) is 12.4. The van der Waals surface area contributed by atoms with Crippen LogP contribution in [-0.4, -0.2) is 22.0 Å². The second kappa shape index (κ2) is 8.82. The third-order valence-electron chi connectivity index (χ3n) is 5.66. The number of benzene rings is 3. The van der Waals surface area contributed by atoms with Crippen molar-refractivity contribution < 1.29 is 19.1 Å². The van der Waals surface area contributed by atoms with Gasteiger partial charge in [-0.2, -0.15) is 0 Å². The lowest BCUT2D eigenvalue weighted by molar-refractivity contribution is 0.0696. The lowest BCUT2D eigenvalue weighted by Crippen LogP contribution is -2.16. The lowest BCUT2D eigenvalue weighted by Gasteiger charge is -2.17. The van der Waals surface area contributed by atoms with E-state index in [2.05, 4.69) is 19.2 Å². The summed E-state index contributed by atoms with van der Waals surface area (Å²) < 4.78 is 14.5. The Morgan fingerprint density at radius 1 is 1.00 bits per heavy atom. The summed E-state index contributed by atoms with van der Waals surface area (Å²) in [7, 11) is 0. The van der Waals surface area contributed by atoms with Crippen molar-refractivity contribution in [2.75, 3.05) is 5.32 Å². The fraction of sp³-hybridized carbons (Fsp3) is 0.148. The maximum Gasteiger partial charge on any atom is 0.335 e. The Bertz CT molecular complexity index is 1380. The van der Waals surface area contributed by atoms with Gasteiger partial charge in [-0.05, 0) is 54.3 Å². The summed E-state index contributed by atoms with van der Waals surface area (Å²) in [4.78, 5) is 29.4. The Balaban J connectivity index is 1.88. The van der Waals surface area contributed by atoms with E-state index >= 15 is 0 Å². The van der Waals surface area contributed by atoms with E-state index in [-0.39, 0.29) is 17.2 Å². The molecule has 4 rings (SSSR count). The minimum Gasteiger partial charge on any atom is -0.478 e. The molecule has 1 amide bonds. The molecule has 0 saturated carbocycles. The van der Waals surface area contributed by atoms with Gasteiger partial charge in [-0.1, -0.05) is 50.2 Å². The number of hydrogen-bond acceptors (Lipinski definition) is 3. The number of carboxylic acids is 1. The minimum atomic E-state index is -1.24. The van der Waals surface area contributed by atoms with Crippen LogP contribution in [0.15, 0.2) is 66.7 Å². The monoisotopic (exact) mass is 442 g/mol. The molecule has 5 nitrogen and oxygen atoms in total. The number of anilines is 1. The molecular weight excluding hydrogens is 419 g/mol. The van der Waals surface area contributed by atoms with Crippen molar-refractivity contribution in [1.29, 1.82) is 0 Å². The number of nitrogens with zero attached hydrogens (tertiary/aromatic N) is 1. The number of aromatic carboxylic acids is 1. The molecule has 3 aromatic carbocycles. The Hall–Kier alpha value is -4.06. The van der Waals surface area contributed by atoms with Crippen LogP contribution in [-0.2, 0) is 0 Å². The minimum absolute atomic E-state index is 0.0874. The molecule has 0 aliphatic rings. The van der Waals surface area contributed by atoms with Crippen LogP contribution in [0.5, 0.6) is 0 Å². The number of pyridine rings is 1. The molecule has 0 unspecified atom stereocenters. The normalized spacial score (nSPS) is 11.1. The van der Waals surface area contributed by atoms with Crippen molar-refractivity contribution in [2.45, 2.75) is 26.7 Å². The molecule has 0 saturated heterocycles. The predicted octanol–water partition coefficient (Wildman–Crippen LogP) is 6.42. The molecular formula is C27H23FN2O3. The highest BCUT2D eigenvalue weighted by Gasteiger charge is 2.21. The molecule has 4 aromatic rings. The Morgan fingerprint density at radius 3 is 2.36 bits per heavy atom. The first kappa shape index (κ1) is 22.1. The maximum atomic E-state index is 14.5. The van der Waals surface area contributed by atoms with E-state index in [0.717, 1.165) is 17.2 Å². The van der Waals surface area contributed by atoms with Gasteiger partial charge in [0.15, 0.2) is 0 Å². The fourth-order valence-electron chi connectivity index (χ4n) is 3.84. The lowest BCUT2D eigenvalue weighted by atomic mass is 9.94. The largest absolute Gasteiger partial charge is 0.478 e. The van der Waals surface area contributed by atoms with Gasteiger partial charge in [0, 0.05) is 10.9 Å². The van der Waals surface area contributed by atoms with Crippen molar-refractivity contribution >= 4 is 28.5 Å². The molecule has 2 N–H and O–H groups in total. The molecule has 0 aliphatic heterocycles. The van der Waals surface area contributed by atoms with Gasteiger partial charge < -0.3 is 10.4 Å². The van der Waals surface area contributed by atoms with E-state index in [9.17, 15) is 14.0 Å². The van der Waals surface area contributed by atoms with Crippen molar-refractivity contribution in [3.05, 3.63) is 94.8 Å². The second-order valence-electron chi connectivity index (χ2n) is 8.21. The first-order valence-corrected chi connectivity index (χ1v) is 10.6. The van der Waals surface area contributed by atoms with Crippen LogP contribution in [0.1, 0.15) is 51.6 Å². The quantitative estimate of drug-likeness (QED) is 0.374. The van der Waals surface area contributed by atoms with Gasteiger partial charge in [0.2, 0.25) is 0 Å². The molecule has 0 fully saturated rings. The van der Waals surface area contributed by atoms with E-state index in [1.54, 1.807) is 0 Å². The van der Waals surface area contributed by atoms with E-state index in [1.807, 2.05) is 55.5 Å². The standard InChI is InChI=1S/C27H23FN2O3/c1-15(2)18-9-11-22-20(13-18)24(16(3)25(29-22)17-7-5-4-6-8-17)26(31)30-23-12-10-19(27(32)33)14-21(23)28/h4-15H,1-3H3,(H,30,31)(H,32,33). The molecule has 0 spiro atoms. The van der Waals surface area contributed by atoms with Gasteiger partial charge in [-0.25, -0.2) is 14.2 Å². The highest BCUT2D eigenvalue weighted by Crippen LogP contribution is 2.32. The van der Waals surface area contributed by atoms with Gasteiger partial charge >= 0.3 is 5.97 Å². The van der Waals surface area contributed by atoms with Crippen molar-refractivity contribution in [3.63, 3.8) is 0 Å². The number of carbonyl (C=O) groups excluding carboxylic acids is 1. The maximum absolute atomic E-state index is 14.5. The number of rotatable bonds is 5. The fourth-order valence-corrected chi connectivity index (χ4v) is 3.84. The zero-order valence-corrected chi connectivity index (χ0v) is 18.5. The molecule has 6 heteroatoms. The number of carbonyl (C=O) groups is 2. The van der Waals surface area contributed by atoms with E-state index < -0.39 is 17.7 Å². The van der Waals surface area contributed by atoms with E-state index in [0.29, 0.717) is 27.7 Å². The zero-order valence-electron chi connectivity index (χ0n) is 18.5. The van der Waals surface area contributed by atoms with Gasteiger partial charge in [0.25, 0.3) is 5.91 Å². The summed E-state index contributed by atoms with van der Waals surface area (Å²) in [6, 6.07) is 18.8. The highest BCUT2D eigenvalue weighted by atomic mass is 19.1. The van der Waals surface area contributed by atoms with E-state index in [4.69, 9.17) is 10.1 Å². The van der Waals surface area contributed by atoms with Gasteiger partial charge in [-0.3, -0.25) is 4.79 Å². The Labute approximate surface area is 190 Å². The number of hydrogen-bond donors (Lipinski definition) is 2.